The number of aromatic nitrogens is 1. The van der Waals surface area contributed by atoms with Crippen LogP contribution in [0.25, 0.3) is 0 Å². The Hall–Kier alpha value is -1.32. The Morgan fingerprint density at radius 2 is 2.17 bits per heavy atom. The molecule has 1 amide bonds. The summed E-state index contributed by atoms with van der Waals surface area (Å²) in [5.41, 5.74) is 1.33. The number of nitrogens with zero attached hydrogens (tertiary/aromatic N) is 1. The molecule has 1 aliphatic rings. The first-order valence-corrected chi connectivity index (χ1v) is 6.92. The van der Waals surface area contributed by atoms with E-state index < -0.39 is 0 Å². The van der Waals surface area contributed by atoms with Crippen LogP contribution in [0.2, 0.25) is 0 Å². The van der Waals surface area contributed by atoms with Crippen LogP contribution >= 0.6 is 0 Å². The van der Waals surface area contributed by atoms with Gasteiger partial charge in [0.25, 0.3) is 5.91 Å². The Bertz CT molecular complexity index is 392. The van der Waals surface area contributed by atoms with Crippen molar-refractivity contribution in [2.75, 3.05) is 6.54 Å². The minimum atomic E-state index is -0.0493. The van der Waals surface area contributed by atoms with Crippen LogP contribution in [0.5, 0.6) is 0 Å². The third-order valence-electron chi connectivity index (χ3n) is 3.91. The molecule has 0 bridgehead atoms. The van der Waals surface area contributed by atoms with Gasteiger partial charge in [0.2, 0.25) is 0 Å². The van der Waals surface area contributed by atoms with Gasteiger partial charge in [-0.3, -0.25) is 4.79 Å². The summed E-state index contributed by atoms with van der Waals surface area (Å²) in [7, 11) is 0. The lowest BCUT2D eigenvalue weighted by atomic mass is 9.83. The number of carbonyl (C=O) groups excluding carboxylic acids is 1. The number of carbonyl (C=O) groups is 1. The van der Waals surface area contributed by atoms with Crippen molar-refractivity contribution in [1.82, 2.24) is 10.5 Å². The maximum atomic E-state index is 12.0. The van der Waals surface area contributed by atoms with E-state index in [-0.39, 0.29) is 5.91 Å². The van der Waals surface area contributed by atoms with Gasteiger partial charge in [0, 0.05) is 6.54 Å². The lowest BCUT2D eigenvalue weighted by Gasteiger charge is -2.26. The van der Waals surface area contributed by atoms with Gasteiger partial charge in [-0.2, -0.15) is 0 Å². The van der Waals surface area contributed by atoms with Crippen LogP contribution in [0.15, 0.2) is 10.8 Å². The van der Waals surface area contributed by atoms with Crippen LogP contribution in [0.3, 0.4) is 0 Å². The number of amides is 1. The van der Waals surface area contributed by atoms with Gasteiger partial charge in [0.05, 0.1) is 5.69 Å². The number of hydrogen-bond acceptors (Lipinski definition) is 3. The Morgan fingerprint density at radius 1 is 1.44 bits per heavy atom. The highest BCUT2D eigenvalue weighted by atomic mass is 16.5. The minimum absolute atomic E-state index is 0.0493. The molecule has 1 saturated carbocycles. The Labute approximate surface area is 108 Å². The van der Waals surface area contributed by atoms with Crippen molar-refractivity contribution in [1.29, 1.82) is 0 Å². The molecule has 0 aliphatic heterocycles. The zero-order valence-electron chi connectivity index (χ0n) is 11.2. The first-order chi connectivity index (χ1) is 8.70. The fourth-order valence-corrected chi connectivity index (χ4v) is 2.56. The molecule has 4 heteroatoms. The second-order valence-electron chi connectivity index (χ2n) is 5.36. The van der Waals surface area contributed by atoms with Gasteiger partial charge in [-0.15, -0.1) is 0 Å². The normalized spacial score (nSPS) is 23.9. The van der Waals surface area contributed by atoms with Crippen molar-refractivity contribution < 1.29 is 9.32 Å². The molecule has 0 radical (unpaired) electrons. The van der Waals surface area contributed by atoms with E-state index >= 15 is 0 Å². The van der Waals surface area contributed by atoms with Crippen LogP contribution in [0, 0.1) is 11.8 Å². The van der Waals surface area contributed by atoms with E-state index in [2.05, 4.69) is 17.4 Å². The summed E-state index contributed by atoms with van der Waals surface area (Å²) in [5.74, 6) is 1.43. The molecule has 100 valence electrons. The quantitative estimate of drug-likeness (QED) is 0.894. The van der Waals surface area contributed by atoms with Crippen molar-refractivity contribution in [3.8, 4) is 0 Å². The summed E-state index contributed by atoms with van der Waals surface area (Å²) in [5, 5.41) is 6.83. The smallest absolute Gasteiger partial charge is 0.256 e. The van der Waals surface area contributed by atoms with Crippen LogP contribution in [0.4, 0.5) is 0 Å². The molecule has 1 N–H and O–H groups in total. The van der Waals surface area contributed by atoms with E-state index in [4.69, 9.17) is 4.52 Å². The highest BCUT2D eigenvalue weighted by Gasteiger charge is 2.20. The molecule has 1 aromatic heterocycles. The van der Waals surface area contributed by atoms with Crippen LogP contribution in [0.1, 0.15) is 55.6 Å². The Morgan fingerprint density at radius 3 is 2.83 bits per heavy atom. The van der Waals surface area contributed by atoms with Gasteiger partial charge in [0.15, 0.2) is 0 Å². The second-order valence-corrected chi connectivity index (χ2v) is 5.36. The molecule has 0 atom stereocenters. The summed E-state index contributed by atoms with van der Waals surface area (Å²) in [6.07, 6.45) is 7.19. The molecule has 1 aromatic rings. The van der Waals surface area contributed by atoms with Gasteiger partial charge in [-0.1, -0.05) is 31.8 Å². The Kier molecular flexibility index (Phi) is 4.39. The second kappa shape index (κ2) is 6.03. The maximum Gasteiger partial charge on any atom is 0.256 e. The van der Waals surface area contributed by atoms with E-state index in [1.54, 1.807) is 0 Å². The van der Waals surface area contributed by atoms with Gasteiger partial charge in [-0.05, 0) is 31.1 Å². The number of rotatable bonds is 4. The third kappa shape index (κ3) is 3.12. The molecule has 1 fully saturated rings. The fourth-order valence-electron chi connectivity index (χ4n) is 2.56. The summed E-state index contributed by atoms with van der Waals surface area (Å²) >= 11 is 0. The highest BCUT2D eigenvalue weighted by Crippen LogP contribution is 2.27. The van der Waals surface area contributed by atoms with Crippen LogP contribution in [-0.2, 0) is 6.42 Å². The molecule has 0 aromatic carbocycles. The van der Waals surface area contributed by atoms with E-state index in [0.717, 1.165) is 24.6 Å². The molecule has 0 unspecified atom stereocenters. The standard InChI is InChI=1S/C14H22N2O2/c1-3-13-12(9-18-16-13)14(17)15-8-11-6-4-10(2)5-7-11/h9-11H,3-8H2,1-2H3,(H,15,17)/t10-,11-. The van der Waals surface area contributed by atoms with Crippen molar-refractivity contribution in [3.63, 3.8) is 0 Å². The van der Waals surface area contributed by atoms with E-state index in [0.29, 0.717) is 11.5 Å². The van der Waals surface area contributed by atoms with E-state index in [1.165, 1.54) is 31.9 Å². The monoisotopic (exact) mass is 250 g/mol. The molecule has 1 heterocycles. The zero-order valence-corrected chi connectivity index (χ0v) is 11.2. The Balaban J connectivity index is 1.81. The van der Waals surface area contributed by atoms with Gasteiger partial charge >= 0.3 is 0 Å². The zero-order chi connectivity index (χ0) is 13.0. The van der Waals surface area contributed by atoms with Crippen molar-refractivity contribution in [2.45, 2.75) is 46.0 Å². The van der Waals surface area contributed by atoms with Crippen molar-refractivity contribution in [2.24, 2.45) is 11.8 Å². The molecule has 0 spiro atoms. The fraction of sp³-hybridized carbons (Fsp3) is 0.714. The molecule has 1 aliphatic carbocycles. The first kappa shape index (κ1) is 13.1. The van der Waals surface area contributed by atoms with Crippen molar-refractivity contribution in [3.05, 3.63) is 17.5 Å². The van der Waals surface area contributed by atoms with Crippen LogP contribution in [-0.4, -0.2) is 17.6 Å². The molecule has 2 rings (SSSR count). The highest BCUT2D eigenvalue weighted by molar-refractivity contribution is 5.94. The lowest BCUT2D eigenvalue weighted by Crippen LogP contribution is -2.31. The molecule has 4 nitrogen and oxygen atoms in total. The van der Waals surface area contributed by atoms with Gasteiger partial charge in [0.1, 0.15) is 11.8 Å². The number of hydrogen-bond donors (Lipinski definition) is 1. The number of aryl methyl sites for hydroxylation is 1. The van der Waals surface area contributed by atoms with Gasteiger partial charge < -0.3 is 9.84 Å². The average molecular weight is 250 g/mol. The van der Waals surface area contributed by atoms with E-state index in [9.17, 15) is 4.79 Å². The SMILES string of the molecule is CCc1nocc1C(=O)NC[C@H]1CC[C@H](C)CC1. The average Bonchev–Trinajstić information content (AvgIpc) is 2.86. The third-order valence-corrected chi connectivity index (χ3v) is 3.91. The van der Waals surface area contributed by atoms with Gasteiger partial charge in [-0.25, -0.2) is 0 Å². The molecule has 18 heavy (non-hydrogen) atoms. The maximum absolute atomic E-state index is 12.0. The number of nitrogens with one attached hydrogen (secondary N) is 1. The predicted octanol–water partition coefficient (Wildman–Crippen LogP) is 2.79. The summed E-state index contributed by atoms with van der Waals surface area (Å²) in [4.78, 5) is 12.0. The topological polar surface area (TPSA) is 55.1 Å². The summed E-state index contributed by atoms with van der Waals surface area (Å²) in [6, 6.07) is 0. The lowest BCUT2D eigenvalue weighted by molar-refractivity contribution is 0.0940. The predicted molar refractivity (Wildman–Crippen MR) is 69.3 cm³/mol. The van der Waals surface area contributed by atoms with E-state index in [1.807, 2.05) is 6.92 Å². The summed E-state index contributed by atoms with van der Waals surface area (Å²) < 4.78 is 4.85. The first-order valence-electron chi connectivity index (χ1n) is 6.92. The minimum Gasteiger partial charge on any atom is -0.364 e. The molecule has 0 saturated heterocycles. The molecular formula is C14H22N2O2. The van der Waals surface area contributed by atoms with Crippen molar-refractivity contribution >= 4 is 5.91 Å². The molecular weight excluding hydrogens is 228 g/mol. The summed E-state index contributed by atoms with van der Waals surface area (Å²) in [6.45, 7) is 5.05. The largest absolute Gasteiger partial charge is 0.364 e. The van der Waals surface area contributed by atoms with Crippen LogP contribution < -0.4 is 5.32 Å².